The molecule has 0 aromatic heterocycles. The highest BCUT2D eigenvalue weighted by Gasteiger charge is 2.42. The van der Waals surface area contributed by atoms with Crippen LogP contribution in [0, 0.1) is 0 Å². The van der Waals surface area contributed by atoms with Gasteiger partial charge in [-0.3, -0.25) is 9.98 Å². The fourth-order valence-electron chi connectivity index (χ4n) is 7.50. The van der Waals surface area contributed by atoms with E-state index in [2.05, 4.69) is 68.3 Å². The van der Waals surface area contributed by atoms with Gasteiger partial charge in [0.2, 0.25) is 5.60 Å². The maximum atomic E-state index is 6.50. The van der Waals surface area contributed by atoms with Crippen molar-refractivity contribution in [2.24, 2.45) is 9.98 Å². The molecule has 2 aliphatic heterocycles. The molecule has 8 rings (SSSR count). The van der Waals surface area contributed by atoms with Crippen molar-refractivity contribution in [3.8, 4) is 5.75 Å². The highest BCUT2D eigenvalue weighted by Crippen LogP contribution is 2.35. The highest BCUT2D eigenvalue weighted by atomic mass is 35.5. The number of methoxy groups -OCH3 is 2. The molecule has 0 N–H and O–H groups in total. The lowest BCUT2D eigenvalue weighted by molar-refractivity contribution is -0.0473. The van der Waals surface area contributed by atoms with Crippen molar-refractivity contribution in [2.45, 2.75) is 11.2 Å². The molecule has 0 amide bonds. The lowest BCUT2D eigenvalue weighted by Gasteiger charge is -2.40. The van der Waals surface area contributed by atoms with Crippen molar-refractivity contribution < 1.29 is 23.7 Å². The first-order chi connectivity index (χ1) is 31.5. The van der Waals surface area contributed by atoms with E-state index in [4.69, 9.17) is 35.3 Å². The molecule has 0 radical (unpaired) electrons. The number of anilines is 4. The Morgan fingerprint density at radius 3 is 1.42 bits per heavy atom. The summed E-state index contributed by atoms with van der Waals surface area (Å²) in [7, 11) is 3.35. The maximum Gasteiger partial charge on any atom is 0.201 e. The lowest BCUT2D eigenvalue weighted by atomic mass is 9.97. The molecule has 6 aromatic rings. The number of dihydropyridines is 2. The lowest BCUT2D eigenvalue weighted by Crippen LogP contribution is -2.50. The Balaban J connectivity index is 0.000000191. The van der Waals surface area contributed by atoms with Crippen molar-refractivity contribution >= 4 is 52.9 Å². The van der Waals surface area contributed by atoms with Crippen molar-refractivity contribution in [3.63, 3.8) is 0 Å². The van der Waals surface area contributed by atoms with Gasteiger partial charge in [-0.05, 0) is 96.6 Å². The molecule has 2 heterocycles. The van der Waals surface area contributed by atoms with Crippen LogP contribution in [0.2, 0.25) is 5.02 Å². The average Bonchev–Trinajstić information content (AvgIpc) is 3.36. The average molecular weight is 873 g/mol. The molecule has 0 spiro atoms. The van der Waals surface area contributed by atoms with E-state index in [-0.39, 0.29) is 0 Å². The zero-order valence-corrected chi connectivity index (χ0v) is 36.9. The van der Waals surface area contributed by atoms with Crippen molar-refractivity contribution in [1.29, 1.82) is 0 Å². The predicted molar refractivity (Wildman–Crippen MR) is 262 cm³/mol. The van der Waals surface area contributed by atoms with Crippen LogP contribution in [0.25, 0.3) is 6.08 Å². The van der Waals surface area contributed by atoms with Gasteiger partial charge in [0.15, 0.2) is 5.60 Å². The van der Waals surface area contributed by atoms with E-state index in [1.165, 1.54) is 0 Å². The van der Waals surface area contributed by atoms with E-state index < -0.39 is 11.2 Å². The van der Waals surface area contributed by atoms with Gasteiger partial charge in [-0.15, -0.1) is 0 Å². The van der Waals surface area contributed by atoms with Crippen LogP contribution in [-0.4, -0.2) is 77.2 Å². The standard InChI is InChI=1S/C27H25ClN2O2.C27H28N2O3/c1-31-26-16-18-29-20-27(26,32-19-17-22-12-14-23(28)15-13-22)21-30(24-8-4-2-5-9-24)25-10-6-3-7-11-25;1-30-26-17-18-28-21-27(26,32-20-19-31-25-15-9-4-10-16-25)22-29(23-11-5-2-6-12-23)24-13-7-3-8-14-24/h2-19H,20-21H2,1H3;2-18H,19-22H2,1H3. The number of hydrogen-bond acceptors (Lipinski definition) is 9. The van der Waals surface area contributed by atoms with Crippen LogP contribution in [0.5, 0.6) is 5.75 Å². The van der Waals surface area contributed by atoms with Gasteiger partial charge in [0, 0.05) is 40.2 Å². The van der Waals surface area contributed by atoms with E-state index in [0.717, 1.165) is 45.6 Å². The van der Waals surface area contributed by atoms with Crippen molar-refractivity contribution in [1.82, 2.24) is 0 Å². The zero-order valence-electron chi connectivity index (χ0n) is 36.2. The zero-order chi connectivity index (χ0) is 44.3. The SMILES string of the molecule is COC1=CC=NCC1(CN(c1ccccc1)c1ccccc1)OC=Cc1ccc(Cl)cc1.COC1=CC=NCC1(CN(c1ccccc1)c1ccccc1)OCCOc1ccccc1. The number of halogens is 1. The third kappa shape index (κ3) is 11.9. The molecule has 0 bridgehead atoms. The first kappa shape index (κ1) is 45.0. The van der Waals surface area contributed by atoms with E-state index >= 15 is 0 Å². The molecule has 64 heavy (non-hydrogen) atoms. The number of ether oxygens (including phenoxy) is 5. The second kappa shape index (κ2) is 22.9. The molecule has 2 aliphatic rings. The molecule has 0 aliphatic carbocycles. The van der Waals surface area contributed by atoms with E-state index in [0.29, 0.717) is 44.4 Å². The van der Waals surface area contributed by atoms with Gasteiger partial charge >= 0.3 is 0 Å². The molecule has 9 nitrogen and oxygen atoms in total. The molecule has 0 fully saturated rings. The van der Waals surface area contributed by atoms with Crippen LogP contribution in [0.3, 0.4) is 0 Å². The summed E-state index contributed by atoms with van der Waals surface area (Å²) in [5, 5.41) is 0.701. The summed E-state index contributed by atoms with van der Waals surface area (Å²) in [6.07, 6.45) is 10.9. The quantitative estimate of drug-likeness (QED) is 0.0629. The molecule has 10 heteroatoms. The van der Waals surface area contributed by atoms with Crippen LogP contribution in [-0.2, 0) is 18.9 Å². The Kier molecular flexibility index (Phi) is 16.1. The smallest absolute Gasteiger partial charge is 0.201 e. The van der Waals surface area contributed by atoms with Crippen LogP contribution in [0.1, 0.15) is 5.56 Å². The summed E-state index contributed by atoms with van der Waals surface area (Å²) in [5.41, 5.74) is 3.74. The van der Waals surface area contributed by atoms with Crippen LogP contribution >= 0.6 is 11.6 Å². The maximum absolute atomic E-state index is 6.50. The number of hydrogen-bond donors (Lipinski definition) is 0. The number of nitrogens with zero attached hydrogens (tertiary/aromatic N) is 4. The summed E-state index contributed by atoms with van der Waals surface area (Å²) >= 11 is 6.00. The summed E-state index contributed by atoms with van der Waals surface area (Å²) in [5.74, 6) is 2.30. The molecule has 2 atom stereocenters. The van der Waals surface area contributed by atoms with Gasteiger partial charge in [0.1, 0.15) is 23.9 Å². The topological polar surface area (TPSA) is 77.4 Å². The van der Waals surface area contributed by atoms with Gasteiger partial charge in [-0.25, -0.2) is 0 Å². The Morgan fingerprint density at radius 2 is 0.953 bits per heavy atom. The van der Waals surface area contributed by atoms with Crippen LogP contribution < -0.4 is 14.5 Å². The minimum Gasteiger partial charge on any atom is -0.498 e. The van der Waals surface area contributed by atoms with Gasteiger partial charge in [0.05, 0.1) is 53.3 Å². The number of aliphatic imine (C=N–C) groups is 2. The fraction of sp³-hybridized carbons (Fsp3) is 0.185. The number of para-hydroxylation sites is 5. The van der Waals surface area contributed by atoms with Crippen LogP contribution in [0.15, 0.2) is 216 Å². The normalized spacial score (nSPS) is 17.6. The summed E-state index contributed by atoms with van der Waals surface area (Å²) in [6, 6.07) is 58.5. The van der Waals surface area contributed by atoms with E-state index in [9.17, 15) is 0 Å². The van der Waals surface area contributed by atoms with Gasteiger partial charge < -0.3 is 33.5 Å². The third-order valence-corrected chi connectivity index (χ3v) is 10.9. The van der Waals surface area contributed by atoms with E-state index in [1.807, 2.05) is 146 Å². The number of rotatable bonds is 18. The first-order valence-corrected chi connectivity index (χ1v) is 21.5. The minimum atomic E-state index is -0.794. The number of allylic oxidation sites excluding steroid dienone is 2. The molecule has 326 valence electrons. The number of benzene rings is 6. The molecular formula is C54H53ClN4O5. The van der Waals surface area contributed by atoms with Crippen LogP contribution in [0.4, 0.5) is 22.7 Å². The monoisotopic (exact) mass is 872 g/mol. The minimum absolute atomic E-state index is 0.405. The first-order valence-electron chi connectivity index (χ1n) is 21.2. The predicted octanol–water partition coefficient (Wildman–Crippen LogP) is 11.8. The summed E-state index contributed by atoms with van der Waals surface area (Å²) in [4.78, 5) is 13.5. The molecule has 2 unspecified atom stereocenters. The fourth-order valence-corrected chi connectivity index (χ4v) is 7.62. The van der Waals surface area contributed by atoms with E-state index in [1.54, 1.807) is 32.9 Å². The summed E-state index contributed by atoms with van der Waals surface area (Å²) in [6.45, 7) is 2.81. The highest BCUT2D eigenvalue weighted by molar-refractivity contribution is 6.30. The second-order valence-corrected chi connectivity index (χ2v) is 15.4. The third-order valence-electron chi connectivity index (χ3n) is 10.7. The van der Waals surface area contributed by atoms with Gasteiger partial charge in [-0.2, -0.15) is 0 Å². The molecule has 0 saturated carbocycles. The van der Waals surface area contributed by atoms with Crippen molar-refractivity contribution in [2.75, 3.05) is 63.4 Å². The Labute approximate surface area is 381 Å². The Morgan fingerprint density at radius 1 is 0.531 bits per heavy atom. The molecule has 0 saturated heterocycles. The second-order valence-electron chi connectivity index (χ2n) is 14.9. The van der Waals surface area contributed by atoms with Gasteiger partial charge in [-0.1, -0.05) is 115 Å². The largest absolute Gasteiger partial charge is 0.498 e. The Hall–Kier alpha value is -7.07. The summed E-state index contributed by atoms with van der Waals surface area (Å²) < 4.78 is 30.3. The van der Waals surface area contributed by atoms with Gasteiger partial charge in [0.25, 0.3) is 0 Å². The van der Waals surface area contributed by atoms with Crippen molar-refractivity contribution in [3.05, 3.63) is 216 Å². The molecule has 6 aromatic carbocycles. The Bertz CT molecular complexity index is 2390. The molecular weight excluding hydrogens is 820 g/mol.